The first-order valence-electron chi connectivity index (χ1n) is 6.70. The van der Waals surface area contributed by atoms with Gasteiger partial charge >= 0.3 is 0 Å². The van der Waals surface area contributed by atoms with E-state index in [2.05, 4.69) is 13.8 Å². The Labute approximate surface area is 99.4 Å². The molecule has 0 aromatic heterocycles. The first-order chi connectivity index (χ1) is 7.66. The topological polar surface area (TPSA) is 37.3 Å². The summed E-state index contributed by atoms with van der Waals surface area (Å²) in [6, 6.07) is 0. The van der Waals surface area contributed by atoms with E-state index in [-0.39, 0.29) is 0 Å². The lowest BCUT2D eigenvalue weighted by Gasteiger charge is -2.07. The molecule has 2 nitrogen and oxygen atoms in total. The molecule has 2 aliphatic carbocycles. The molecule has 2 saturated carbocycles. The molecule has 2 heteroatoms. The Morgan fingerprint density at radius 2 is 1.56 bits per heavy atom. The first-order valence-corrected chi connectivity index (χ1v) is 6.70. The zero-order valence-electron chi connectivity index (χ0n) is 10.8. The molecule has 0 spiro atoms. The van der Waals surface area contributed by atoms with Gasteiger partial charge in [-0.2, -0.15) is 0 Å². The molecule has 0 radical (unpaired) electrons. The monoisotopic (exact) mass is 226 g/mol. The van der Waals surface area contributed by atoms with Crippen LogP contribution in [0.15, 0.2) is 0 Å². The minimum absolute atomic E-state index is 0.383. The lowest BCUT2D eigenvalue weighted by molar-refractivity contribution is -0.108. The van der Waals surface area contributed by atoms with Gasteiger partial charge in [0.25, 0.3) is 0 Å². The van der Waals surface area contributed by atoms with Crippen LogP contribution in [-0.4, -0.2) is 18.0 Å². The normalized spacial score (nSPS) is 22.9. The second kappa shape index (κ2) is 5.81. The van der Waals surface area contributed by atoms with Crippen LogP contribution in [0.1, 0.15) is 65.2 Å². The van der Waals surface area contributed by atoms with Crippen LogP contribution in [-0.2, 0) is 4.79 Å². The maximum atomic E-state index is 10.0. The second-order valence-corrected chi connectivity index (χ2v) is 5.55. The van der Waals surface area contributed by atoms with E-state index < -0.39 is 0 Å². The highest BCUT2D eigenvalue weighted by Crippen LogP contribution is 2.51. The van der Waals surface area contributed by atoms with Gasteiger partial charge in [-0.3, -0.25) is 0 Å². The predicted octanol–water partition coefficient (Wildman–Crippen LogP) is 3.32. The number of carbonyl (C=O) groups excluding carboxylic acids is 1. The Morgan fingerprint density at radius 3 is 1.69 bits per heavy atom. The van der Waals surface area contributed by atoms with Crippen molar-refractivity contribution in [1.29, 1.82) is 0 Å². The van der Waals surface area contributed by atoms with E-state index in [1.54, 1.807) is 0 Å². The van der Waals surface area contributed by atoms with Gasteiger partial charge in [-0.15, -0.1) is 0 Å². The first kappa shape index (κ1) is 13.7. The predicted molar refractivity (Wildman–Crippen MR) is 66.3 cm³/mol. The van der Waals surface area contributed by atoms with Gasteiger partial charge in [-0.05, 0) is 42.9 Å². The van der Waals surface area contributed by atoms with Crippen LogP contribution in [0.3, 0.4) is 0 Å². The smallest absolute Gasteiger partial charge is 0.120 e. The molecule has 2 fully saturated rings. The zero-order valence-corrected chi connectivity index (χ0v) is 10.8. The van der Waals surface area contributed by atoms with Gasteiger partial charge in [-0.1, -0.05) is 26.7 Å². The van der Waals surface area contributed by atoms with E-state index in [1.807, 2.05) is 0 Å². The fraction of sp³-hybridized carbons (Fsp3) is 0.929. The lowest BCUT2D eigenvalue weighted by Crippen LogP contribution is -2.00. The van der Waals surface area contributed by atoms with Crippen LogP contribution < -0.4 is 0 Å². The van der Waals surface area contributed by atoms with Gasteiger partial charge in [0.05, 0.1) is 0 Å². The minimum atomic E-state index is 0.383. The van der Waals surface area contributed by atoms with Crippen LogP contribution in [0.25, 0.3) is 0 Å². The molecular formula is C14H26O2. The zero-order chi connectivity index (χ0) is 12.1. The van der Waals surface area contributed by atoms with Crippen molar-refractivity contribution in [2.75, 3.05) is 6.61 Å². The second-order valence-electron chi connectivity index (χ2n) is 5.55. The van der Waals surface area contributed by atoms with Gasteiger partial charge in [-0.25, -0.2) is 0 Å². The van der Waals surface area contributed by atoms with Crippen molar-refractivity contribution in [1.82, 2.24) is 0 Å². The van der Waals surface area contributed by atoms with Crippen molar-refractivity contribution in [3.05, 3.63) is 0 Å². The highest BCUT2D eigenvalue weighted by atomic mass is 16.3. The molecule has 0 saturated heterocycles. The van der Waals surface area contributed by atoms with Crippen molar-refractivity contribution < 1.29 is 9.90 Å². The number of aldehydes is 1. The molecule has 0 heterocycles. The fourth-order valence-electron chi connectivity index (χ4n) is 2.25. The largest absolute Gasteiger partial charge is 0.396 e. The van der Waals surface area contributed by atoms with Gasteiger partial charge in [0.1, 0.15) is 6.29 Å². The number of carbonyl (C=O) groups is 1. The van der Waals surface area contributed by atoms with Crippen molar-refractivity contribution in [2.24, 2.45) is 10.8 Å². The van der Waals surface area contributed by atoms with E-state index in [0.29, 0.717) is 17.4 Å². The van der Waals surface area contributed by atoms with E-state index in [4.69, 9.17) is 5.11 Å². The molecule has 94 valence electrons. The van der Waals surface area contributed by atoms with Gasteiger partial charge in [0.15, 0.2) is 0 Å². The molecule has 0 aromatic carbocycles. The molecule has 0 unspecified atom stereocenters. The maximum Gasteiger partial charge on any atom is 0.120 e. The summed E-state index contributed by atoms with van der Waals surface area (Å²) < 4.78 is 0. The molecule has 0 aromatic rings. The summed E-state index contributed by atoms with van der Waals surface area (Å²) in [7, 11) is 0. The summed E-state index contributed by atoms with van der Waals surface area (Å²) in [6.45, 7) is 4.76. The van der Waals surface area contributed by atoms with Gasteiger partial charge < -0.3 is 9.90 Å². The van der Waals surface area contributed by atoms with E-state index >= 15 is 0 Å². The Kier molecular flexibility index (Phi) is 4.97. The quantitative estimate of drug-likeness (QED) is 0.705. The van der Waals surface area contributed by atoms with Crippen molar-refractivity contribution in [3.63, 3.8) is 0 Å². The molecule has 0 aliphatic heterocycles. The van der Waals surface area contributed by atoms with E-state index in [0.717, 1.165) is 19.1 Å². The van der Waals surface area contributed by atoms with E-state index in [9.17, 15) is 4.79 Å². The van der Waals surface area contributed by atoms with Gasteiger partial charge in [0.2, 0.25) is 0 Å². The Hall–Kier alpha value is -0.370. The summed E-state index contributed by atoms with van der Waals surface area (Å²) in [4.78, 5) is 10.0. The van der Waals surface area contributed by atoms with Crippen molar-refractivity contribution >= 4 is 6.29 Å². The molecular weight excluding hydrogens is 200 g/mol. The van der Waals surface area contributed by atoms with Crippen LogP contribution in [0, 0.1) is 10.8 Å². The average molecular weight is 226 g/mol. The Balaban J connectivity index is 0.000000160. The molecule has 0 atom stereocenters. The third-order valence-corrected chi connectivity index (χ3v) is 4.57. The van der Waals surface area contributed by atoms with E-state index in [1.165, 1.54) is 38.5 Å². The SMILES string of the molecule is CCC1(CC=O)CC1.CCC1(CCO)CC1. The molecule has 2 rings (SSSR count). The third-order valence-electron chi connectivity index (χ3n) is 4.57. The summed E-state index contributed by atoms with van der Waals surface area (Å²) in [5.74, 6) is 0. The lowest BCUT2D eigenvalue weighted by atomic mass is 10.0. The highest BCUT2D eigenvalue weighted by molar-refractivity contribution is 5.51. The Morgan fingerprint density at radius 1 is 1.06 bits per heavy atom. The van der Waals surface area contributed by atoms with Crippen LogP contribution >= 0.6 is 0 Å². The third kappa shape index (κ3) is 3.89. The maximum absolute atomic E-state index is 10.0. The molecule has 2 aliphatic rings. The summed E-state index contributed by atoms with van der Waals surface area (Å²) in [5.41, 5.74) is 1.07. The Bertz CT molecular complexity index is 215. The summed E-state index contributed by atoms with van der Waals surface area (Å²) >= 11 is 0. The summed E-state index contributed by atoms with van der Waals surface area (Å²) in [6.07, 6.45) is 10.6. The fourth-order valence-corrected chi connectivity index (χ4v) is 2.25. The molecule has 0 amide bonds. The van der Waals surface area contributed by atoms with Crippen molar-refractivity contribution in [2.45, 2.75) is 65.2 Å². The molecule has 0 bridgehead atoms. The number of rotatable bonds is 6. The number of aliphatic hydroxyl groups excluding tert-OH is 1. The number of hydrogen-bond acceptors (Lipinski definition) is 2. The highest BCUT2D eigenvalue weighted by Gasteiger charge is 2.40. The van der Waals surface area contributed by atoms with Gasteiger partial charge in [0, 0.05) is 13.0 Å². The average Bonchev–Trinajstić information content (AvgIpc) is 3.18. The van der Waals surface area contributed by atoms with Crippen molar-refractivity contribution in [3.8, 4) is 0 Å². The minimum Gasteiger partial charge on any atom is -0.396 e. The number of aliphatic hydroxyl groups is 1. The van der Waals surface area contributed by atoms with Crippen LogP contribution in [0.4, 0.5) is 0 Å². The molecule has 1 N–H and O–H groups in total. The summed E-state index contributed by atoms with van der Waals surface area (Å²) in [5, 5.41) is 8.57. The standard InChI is InChI=1S/C7H14O.C7H12O/c2*1-2-7(3-4-7)5-6-8/h8H,2-6H2,1H3;6H,2-5H2,1H3. The molecule has 16 heavy (non-hydrogen) atoms. The number of hydrogen-bond donors (Lipinski definition) is 1. The van der Waals surface area contributed by atoms with Crippen LogP contribution in [0.5, 0.6) is 0 Å². The van der Waals surface area contributed by atoms with Crippen LogP contribution in [0.2, 0.25) is 0 Å².